The van der Waals surface area contributed by atoms with Gasteiger partial charge in [0.2, 0.25) is 0 Å². The maximum Gasteiger partial charge on any atom is 0.320 e. The smallest absolute Gasteiger partial charge is 0.320 e. The summed E-state index contributed by atoms with van der Waals surface area (Å²) in [6.07, 6.45) is 4.11. The molecule has 0 unspecified atom stereocenters. The quantitative estimate of drug-likeness (QED) is 0.815. The number of pyridine rings is 1. The van der Waals surface area contributed by atoms with Gasteiger partial charge in [-0.3, -0.25) is 4.57 Å². The number of ether oxygens (including phenoxy) is 1. The lowest BCUT2D eigenvalue weighted by molar-refractivity contribution is 0.0632. The molecular formula is C10H8BrF2N3O. The van der Waals surface area contributed by atoms with Crippen LogP contribution in [0.2, 0.25) is 0 Å². The molecule has 0 fully saturated rings. The summed E-state index contributed by atoms with van der Waals surface area (Å²) in [7, 11) is 0. The van der Waals surface area contributed by atoms with E-state index in [2.05, 4.69) is 25.9 Å². The van der Waals surface area contributed by atoms with Gasteiger partial charge < -0.3 is 4.74 Å². The van der Waals surface area contributed by atoms with E-state index < -0.39 is 6.55 Å². The Balaban J connectivity index is 2.08. The molecule has 90 valence electrons. The zero-order valence-corrected chi connectivity index (χ0v) is 10.1. The van der Waals surface area contributed by atoms with E-state index in [1.807, 2.05) is 0 Å². The number of alkyl halides is 2. The minimum absolute atomic E-state index is 0.0400. The first kappa shape index (κ1) is 12.0. The molecule has 0 amide bonds. The van der Waals surface area contributed by atoms with Gasteiger partial charge in [0.15, 0.2) is 11.6 Å². The first-order valence-electron chi connectivity index (χ1n) is 4.71. The van der Waals surface area contributed by atoms with Crippen LogP contribution in [0.25, 0.3) is 0 Å². The number of hydrogen-bond donors (Lipinski definition) is 0. The van der Waals surface area contributed by atoms with Gasteiger partial charge in [0.05, 0.1) is 0 Å². The molecule has 0 bridgehead atoms. The summed E-state index contributed by atoms with van der Waals surface area (Å²) >= 11 is 3.20. The Morgan fingerprint density at radius 2 is 2.18 bits per heavy atom. The molecule has 0 aliphatic carbocycles. The molecule has 0 saturated heterocycles. The summed E-state index contributed by atoms with van der Waals surface area (Å²) in [5.41, 5.74) is 0. The van der Waals surface area contributed by atoms with E-state index in [1.54, 1.807) is 18.3 Å². The highest BCUT2D eigenvalue weighted by molar-refractivity contribution is 9.10. The maximum atomic E-state index is 12.5. The fraction of sp³-hybridized carbons (Fsp3) is 0.200. The van der Waals surface area contributed by atoms with Crippen molar-refractivity contribution >= 4 is 15.9 Å². The predicted octanol–water partition coefficient (Wildman–Crippen LogP) is 3.01. The topological polar surface area (TPSA) is 39.9 Å². The second kappa shape index (κ2) is 5.22. The van der Waals surface area contributed by atoms with Gasteiger partial charge in [-0.05, 0) is 28.1 Å². The molecule has 0 spiro atoms. The number of aromatic nitrogens is 3. The van der Waals surface area contributed by atoms with Crippen LogP contribution >= 0.6 is 15.9 Å². The van der Waals surface area contributed by atoms with Gasteiger partial charge in [-0.15, -0.1) is 0 Å². The Labute approximate surface area is 104 Å². The van der Waals surface area contributed by atoms with Crippen molar-refractivity contribution in [3.63, 3.8) is 0 Å². The van der Waals surface area contributed by atoms with Crippen LogP contribution in [0.4, 0.5) is 8.78 Å². The molecule has 0 saturated carbocycles. The summed E-state index contributed by atoms with van der Waals surface area (Å²) in [5.74, 6) is 0.645. The second-order valence-corrected chi connectivity index (χ2v) is 3.86. The van der Waals surface area contributed by atoms with Crippen LogP contribution in [0.5, 0.6) is 5.75 Å². The van der Waals surface area contributed by atoms with Crippen molar-refractivity contribution in [1.82, 2.24) is 14.5 Å². The third-order valence-corrected chi connectivity index (χ3v) is 2.64. The Morgan fingerprint density at radius 1 is 1.35 bits per heavy atom. The summed E-state index contributed by atoms with van der Waals surface area (Å²) < 4.78 is 31.6. The summed E-state index contributed by atoms with van der Waals surface area (Å²) in [6, 6.07) is 3.38. The predicted molar refractivity (Wildman–Crippen MR) is 59.7 cm³/mol. The Kier molecular flexibility index (Phi) is 3.68. The van der Waals surface area contributed by atoms with Crippen LogP contribution in [0.1, 0.15) is 12.4 Å². The fourth-order valence-corrected chi connectivity index (χ4v) is 1.62. The van der Waals surface area contributed by atoms with Crippen LogP contribution in [-0.4, -0.2) is 14.5 Å². The maximum absolute atomic E-state index is 12.5. The van der Waals surface area contributed by atoms with Crippen molar-refractivity contribution in [3.05, 3.63) is 41.2 Å². The summed E-state index contributed by atoms with van der Waals surface area (Å²) in [4.78, 5) is 7.76. The average molecular weight is 304 g/mol. The van der Waals surface area contributed by atoms with Gasteiger partial charge in [-0.2, -0.15) is 8.78 Å². The highest BCUT2D eigenvalue weighted by atomic mass is 79.9. The van der Waals surface area contributed by atoms with Crippen molar-refractivity contribution < 1.29 is 13.5 Å². The van der Waals surface area contributed by atoms with E-state index in [0.717, 1.165) is 4.57 Å². The molecule has 0 N–H and O–H groups in total. The van der Waals surface area contributed by atoms with E-state index in [0.29, 0.717) is 10.4 Å². The number of hydrogen-bond acceptors (Lipinski definition) is 3. The lowest BCUT2D eigenvalue weighted by Crippen LogP contribution is -2.07. The van der Waals surface area contributed by atoms with E-state index in [-0.39, 0.29) is 12.4 Å². The van der Waals surface area contributed by atoms with Crippen molar-refractivity contribution in [1.29, 1.82) is 0 Å². The van der Waals surface area contributed by atoms with Crippen LogP contribution in [0.15, 0.2) is 35.3 Å². The van der Waals surface area contributed by atoms with Gasteiger partial charge in [0.1, 0.15) is 11.2 Å². The first-order valence-corrected chi connectivity index (χ1v) is 5.51. The number of imidazole rings is 1. The van der Waals surface area contributed by atoms with Crippen molar-refractivity contribution in [2.75, 3.05) is 0 Å². The molecule has 0 aliphatic heterocycles. The minimum Gasteiger partial charge on any atom is -0.483 e. The van der Waals surface area contributed by atoms with Crippen molar-refractivity contribution in [2.24, 2.45) is 0 Å². The zero-order chi connectivity index (χ0) is 12.3. The van der Waals surface area contributed by atoms with Gasteiger partial charge in [0, 0.05) is 18.6 Å². The van der Waals surface area contributed by atoms with E-state index in [1.165, 1.54) is 12.4 Å². The Bertz CT molecular complexity index is 504. The lowest BCUT2D eigenvalue weighted by atomic mass is 10.5. The largest absolute Gasteiger partial charge is 0.483 e. The van der Waals surface area contributed by atoms with E-state index in [9.17, 15) is 8.78 Å². The highest BCUT2D eigenvalue weighted by Gasteiger charge is 2.12. The molecule has 2 aromatic rings. The third-order valence-electron chi connectivity index (χ3n) is 2.04. The number of rotatable bonds is 4. The molecule has 17 heavy (non-hydrogen) atoms. The number of halogens is 3. The van der Waals surface area contributed by atoms with Crippen LogP contribution in [0.3, 0.4) is 0 Å². The molecule has 0 aliphatic rings. The molecule has 0 atom stereocenters. The Hall–Kier alpha value is -1.50. The molecule has 0 aromatic carbocycles. The standard InChI is InChI=1S/C10H8BrF2N3O/c11-9-7(2-1-3-15-9)17-6-8-14-4-5-16(8)10(12)13/h1-5,10H,6H2. The van der Waals surface area contributed by atoms with Crippen LogP contribution < -0.4 is 4.74 Å². The molecule has 2 rings (SSSR count). The molecular weight excluding hydrogens is 296 g/mol. The van der Waals surface area contributed by atoms with Crippen molar-refractivity contribution in [2.45, 2.75) is 13.2 Å². The van der Waals surface area contributed by atoms with Gasteiger partial charge in [-0.25, -0.2) is 9.97 Å². The van der Waals surface area contributed by atoms with Crippen molar-refractivity contribution in [3.8, 4) is 5.75 Å². The molecule has 7 heteroatoms. The number of nitrogens with zero attached hydrogens (tertiary/aromatic N) is 3. The highest BCUT2D eigenvalue weighted by Crippen LogP contribution is 2.22. The monoisotopic (exact) mass is 303 g/mol. The lowest BCUT2D eigenvalue weighted by Gasteiger charge is -2.08. The first-order chi connectivity index (χ1) is 8.18. The Morgan fingerprint density at radius 3 is 2.88 bits per heavy atom. The second-order valence-electron chi connectivity index (χ2n) is 3.11. The normalized spacial score (nSPS) is 10.8. The van der Waals surface area contributed by atoms with Gasteiger partial charge in [-0.1, -0.05) is 0 Å². The summed E-state index contributed by atoms with van der Waals surface area (Å²) in [6.45, 7) is -2.66. The minimum atomic E-state index is -2.62. The van der Waals surface area contributed by atoms with Gasteiger partial charge >= 0.3 is 6.55 Å². The third kappa shape index (κ3) is 2.79. The van der Waals surface area contributed by atoms with Crippen LogP contribution in [0, 0.1) is 0 Å². The molecule has 4 nitrogen and oxygen atoms in total. The SMILES string of the molecule is FC(F)n1ccnc1COc1cccnc1Br. The van der Waals surface area contributed by atoms with Crippen LogP contribution in [-0.2, 0) is 6.61 Å². The average Bonchev–Trinajstić information content (AvgIpc) is 2.76. The van der Waals surface area contributed by atoms with E-state index in [4.69, 9.17) is 4.74 Å². The van der Waals surface area contributed by atoms with Gasteiger partial charge in [0.25, 0.3) is 0 Å². The fourth-order valence-electron chi connectivity index (χ4n) is 1.25. The van der Waals surface area contributed by atoms with E-state index >= 15 is 0 Å². The molecule has 2 heterocycles. The summed E-state index contributed by atoms with van der Waals surface area (Å²) in [5, 5.41) is 0. The molecule has 2 aromatic heterocycles. The molecule has 0 radical (unpaired) electrons. The zero-order valence-electron chi connectivity index (χ0n) is 8.55.